The van der Waals surface area contributed by atoms with Gasteiger partial charge in [0.2, 0.25) is 0 Å². The molecule has 0 aromatic carbocycles. The molecule has 18 heavy (non-hydrogen) atoms. The maximum atomic E-state index is 5.50. The highest BCUT2D eigenvalue weighted by molar-refractivity contribution is 4.86. The Labute approximate surface area is 113 Å². The fourth-order valence-corrected chi connectivity index (χ4v) is 3.49. The minimum Gasteiger partial charge on any atom is -0.354 e. The molecule has 0 heterocycles. The van der Waals surface area contributed by atoms with Gasteiger partial charge in [-0.05, 0) is 50.0 Å². The van der Waals surface area contributed by atoms with E-state index in [9.17, 15) is 0 Å². The summed E-state index contributed by atoms with van der Waals surface area (Å²) in [5.41, 5.74) is 0. The van der Waals surface area contributed by atoms with Crippen LogP contribution in [0.5, 0.6) is 0 Å². The summed E-state index contributed by atoms with van der Waals surface area (Å²) in [6.07, 6.45) is 4.96. The van der Waals surface area contributed by atoms with Gasteiger partial charge in [-0.1, -0.05) is 20.8 Å². The lowest BCUT2D eigenvalue weighted by Crippen LogP contribution is -2.49. The van der Waals surface area contributed by atoms with Crippen LogP contribution in [-0.2, 0) is 9.47 Å². The van der Waals surface area contributed by atoms with Crippen LogP contribution in [0.25, 0.3) is 0 Å². The molecule has 0 spiro atoms. The number of hydrogen-bond acceptors (Lipinski definition) is 3. The van der Waals surface area contributed by atoms with Crippen LogP contribution >= 0.6 is 0 Å². The number of hydrogen-bond donors (Lipinski definition) is 1. The third kappa shape index (κ3) is 4.52. The molecule has 1 N–H and O–H groups in total. The summed E-state index contributed by atoms with van der Waals surface area (Å²) in [4.78, 5) is 0. The van der Waals surface area contributed by atoms with Crippen molar-refractivity contribution in [2.75, 3.05) is 20.8 Å². The minimum atomic E-state index is -0.126. The molecular weight excluding hydrogens is 226 g/mol. The lowest BCUT2D eigenvalue weighted by atomic mass is 9.73. The summed E-state index contributed by atoms with van der Waals surface area (Å²) in [5, 5.41) is 3.63. The van der Waals surface area contributed by atoms with Crippen molar-refractivity contribution in [1.29, 1.82) is 0 Å². The first-order chi connectivity index (χ1) is 8.62. The van der Waals surface area contributed by atoms with Crippen molar-refractivity contribution in [3.63, 3.8) is 0 Å². The van der Waals surface area contributed by atoms with E-state index in [0.29, 0.717) is 12.0 Å². The molecule has 3 atom stereocenters. The van der Waals surface area contributed by atoms with Crippen LogP contribution in [0.2, 0.25) is 0 Å². The van der Waals surface area contributed by atoms with Gasteiger partial charge in [-0.25, -0.2) is 0 Å². The van der Waals surface area contributed by atoms with Gasteiger partial charge in [0, 0.05) is 14.2 Å². The zero-order chi connectivity index (χ0) is 13.5. The van der Waals surface area contributed by atoms with Crippen molar-refractivity contribution >= 4 is 0 Å². The molecule has 0 radical (unpaired) electrons. The Bertz CT molecular complexity index is 209. The number of nitrogens with one attached hydrogen (secondary N) is 1. The first-order valence-corrected chi connectivity index (χ1v) is 7.41. The Morgan fingerprint density at radius 2 is 1.61 bits per heavy atom. The number of methoxy groups -OCH3 is 2. The van der Waals surface area contributed by atoms with Gasteiger partial charge in [-0.2, -0.15) is 0 Å². The highest BCUT2D eigenvalue weighted by atomic mass is 16.7. The predicted molar refractivity (Wildman–Crippen MR) is 75.6 cm³/mol. The smallest absolute Gasteiger partial charge is 0.172 e. The van der Waals surface area contributed by atoms with Crippen LogP contribution in [-0.4, -0.2) is 33.1 Å². The summed E-state index contributed by atoms with van der Waals surface area (Å²) < 4.78 is 11.0. The van der Waals surface area contributed by atoms with Crippen LogP contribution < -0.4 is 5.32 Å². The van der Waals surface area contributed by atoms with E-state index >= 15 is 0 Å². The Morgan fingerprint density at radius 1 is 1.06 bits per heavy atom. The van der Waals surface area contributed by atoms with Gasteiger partial charge in [0.05, 0.1) is 6.04 Å². The van der Waals surface area contributed by atoms with E-state index in [1.807, 2.05) is 0 Å². The van der Waals surface area contributed by atoms with Gasteiger partial charge < -0.3 is 14.8 Å². The zero-order valence-electron chi connectivity index (χ0n) is 12.7. The van der Waals surface area contributed by atoms with E-state index < -0.39 is 0 Å². The van der Waals surface area contributed by atoms with E-state index in [4.69, 9.17) is 9.47 Å². The van der Waals surface area contributed by atoms with E-state index in [0.717, 1.165) is 24.8 Å². The Hall–Kier alpha value is -0.120. The van der Waals surface area contributed by atoms with E-state index in [1.54, 1.807) is 14.2 Å². The molecule has 3 nitrogen and oxygen atoms in total. The summed E-state index contributed by atoms with van der Waals surface area (Å²) >= 11 is 0. The molecule has 0 aromatic rings. The second kappa shape index (κ2) is 8.13. The third-order valence-corrected chi connectivity index (χ3v) is 4.11. The fourth-order valence-electron chi connectivity index (χ4n) is 3.49. The fraction of sp³-hybridized carbons (Fsp3) is 1.00. The Balaban J connectivity index is 2.67. The van der Waals surface area contributed by atoms with Gasteiger partial charge in [0.25, 0.3) is 0 Å². The second-order valence-corrected chi connectivity index (χ2v) is 6.00. The summed E-state index contributed by atoms with van der Waals surface area (Å²) in [7, 11) is 3.48. The van der Waals surface area contributed by atoms with Crippen molar-refractivity contribution in [3.8, 4) is 0 Å². The molecule has 0 amide bonds. The summed E-state index contributed by atoms with van der Waals surface area (Å²) in [6, 6.07) is 0.324. The molecule has 0 aliphatic heterocycles. The number of ether oxygens (including phenoxy) is 2. The molecule has 1 aliphatic carbocycles. The molecular formula is C15H31NO2. The summed E-state index contributed by atoms with van der Waals surface area (Å²) in [5.74, 6) is 2.30. The number of rotatable bonds is 7. The van der Waals surface area contributed by atoms with Gasteiger partial charge in [-0.3, -0.25) is 0 Å². The average Bonchev–Trinajstić information content (AvgIpc) is 2.33. The van der Waals surface area contributed by atoms with Crippen LogP contribution in [0.3, 0.4) is 0 Å². The standard InChI is InChI=1S/C15H31NO2/c1-6-7-16-14(15(17-4)18-5)13-9-11(2)8-12(3)10-13/h11-16H,6-10H2,1-5H3. The topological polar surface area (TPSA) is 30.5 Å². The molecule has 3 unspecified atom stereocenters. The van der Waals surface area contributed by atoms with Crippen molar-refractivity contribution < 1.29 is 9.47 Å². The lowest BCUT2D eigenvalue weighted by molar-refractivity contribution is -0.137. The maximum absolute atomic E-state index is 5.50. The molecule has 1 fully saturated rings. The first-order valence-electron chi connectivity index (χ1n) is 7.41. The SMILES string of the molecule is CCCNC(C1CC(C)CC(C)C1)C(OC)OC. The van der Waals surface area contributed by atoms with Gasteiger partial charge in [0.1, 0.15) is 0 Å². The third-order valence-electron chi connectivity index (χ3n) is 4.11. The quantitative estimate of drug-likeness (QED) is 0.711. The molecule has 0 aromatic heterocycles. The van der Waals surface area contributed by atoms with Gasteiger partial charge in [0.15, 0.2) is 6.29 Å². The van der Waals surface area contributed by atoms with Gasteiger partial charge >= 0.3 is 0 Å². The minimum absolute atomic E-state index is 0.126. The van der Waals surface area contributed by atoms with E-state index in [1.165, 1.54) is 19.3 Å². The molecule has 3 heteroatoms. The average molecular weight is 257 g/mol. The molecule has 0 saturated heterocycles. The van der Waals surface area contributed by atoms with Crippen LogP contribution in [0.4, 0.5) is 0 Å². The zero-order valence-corrected chi connectivity index (χ0v) is 12.7. The van der Waals surface area contributed by atoms with E-state index in [2.05, 4.69) is 26.1 Å². The lowest BCUT2D eigenvalue weighted by Gasteiger charge is -2.39. The van der Waals surface area contributed by atoms with Crippen molar-refractivity contribution in [3.05, 3.63) is 0 Å². The van der Waals surface area contributed by atoms with Crippen LogP contribution in [0.15, 0.2) is 0 Å². The first kappa shape index (κ1) is 15.9. The van der Waals surface area contributed by atoms with Crippen LogP contribution in [0.1, 0.15) is 46.5 Å². The highest BCUT2D eigenvalue weighted by Gasteiger charge is 2.34. The van der Waals surface area contributed by atoms with Crippen molar-refractivity contribution in [1.82, 2.24) is 5.32 Å². The largest absolute Gasteiger partial charge is 0.354 e. The molecule has 1 saturated carbocycles. The van der Waals surface area contributed by atoms with Crippen molar-refractivity contribution in [2.45, 2.75) is 58.8 Å². The molecule has 108 valence electrons. The molecule has 1 aliphatic rings. The van der Waals surface area contributed by atoms with Crippen LogP contribution in [0, 0.1) is 17.8 Å². The van der Waals surface area contributed by atoms with Gasteiger partial charge in [-0.15, -0.1) is 0 Å². The Kier molecular flexibility index (Phi) is 7.20. The maximum Gasteiger partial charge on any atom is 0.172 e. The second-order valence-electron chi connectivity index (χ2n) is 6.00. The summed E-state index contributed by atoms with van der Waals surface area (Å²) in [6.45, 7) is 7.97. The Morgan fingerprint density at radius 3 is 2.06 bits per heavy atom. The van der Waals surface area contributed by atoms with E-state index in [-0.39, 0.29) is 6.29 Å². The molecule has 0 bridgehead atoms. The predicted octanol–water partition coefficient (Wildman–Crippen LogP) is 3.05. The van der Waals surface area contributed by atoms with Crippen molar-refractivity contribution in [2.24, 2.45) is 17.8 Å². The highest BCUT2D eigenvalue weighted by Crippen LogP contribution is 2.35. The monoisotopic (exact) mass is 257 g/mol. The molecule has 1 rings (SSSR count). The normalized spacial score (nSPS) is 30.7.